The minimum atomic E-state index is -3.36. The van der Waals surface area contributed by atoms with E-state index < -0.39 is 10.0 Å². The first-order valence-corrected chi connectivity index (χ1v) is 8.94. The molecule has 0 heterocycles. The summed E-state index contributed by atoms with van der Waals surface area (Å²) in [5, 5.41) is 3.43. The van der Waals surface area contributed by atoms with Gasteiger partial charge in [-0.3, -0.25) is 0 Å². The summed E-state index contributed by atoms with van der Waals surface area (Å²) < 4.78 is 27.6. The Labute approximate surface area is 121 Å². The van der Waals surface area contributed by atoms with Crippen molar-refractivity contribution in [2.75, 3.05) is 0 Å². The quantitative estimate of drug-likeness (QED) is 0.808. The molecule has 0 aliphatic heterocycles. The molecular weight excluding hydrogens is 272 g/mol. The summed E-state index contributed by atoms with van der Waals surface area (Å²) in [6.07, 6.45) is 5.13. The molecule has 2 aliphatic rings. The third kappa shape index (κ3) is 3.40. The summed E-state index contributed by atoms with van der Waals surface area (Å²) in [7, 11) is -3.36. The Bertz CT molecular complexity index is 590. The number of benzene rings is 1. The van der Waals surface area contributed by atoms with Crippen LogP contribution in [0.2, 0.25) is 0 Å². The highest BCUT2D eigenvalue weighted by atomic mass is 32.2. The zero-order valence-corrected chi connectivity index (χ0v) is 12.7. The first kappa shape index (κ1) is 14.0. The van der Waals surface area contributed by atoms with Gasteiger partial charge in [0.1, 0.15) is 0 Å². The second kappa shape index (κ2) is 5.47. The van der Waals surface area contributed by atoms with Gasteiger partial charge in [-0.2, -0.15) is 0 Å². The van der Waals surface area contributed by atoms with Crippen molar-refractivity contribution in [3.8, 4) is 0 Å². The molecule has 0 bridgehead atoms. The summed E-state index contributed by atoms with van der Waals surface area (Å²) in [6.45, 7) is 2.74. The molecule has 4 nitrogen and oxygen atoms in total. The first-order valence-electron chi connectivity index (χ1n) is 7.46. The van der Waals surface area contributed by atoms with Crippen LogP contribution in [0.25, 0.3) is 0 Å². The molecule has 0 saturated heterocycles. The average molecular weight is 294 g/mol. The smallest absolute Gasteiger partial charge is 0.241 e. The number of rotatable bonds is 7. The van der Waals surface area contributed by atoms with Gasteiger partial charge in [0.05, 0.1) is 4.90 Å². The predicted molar refractivity (Wildman–Crippen MR) is 79.0 cm³/mol. The fourth-order valence-corrected chi connectivity index (χ4v) is 3.95. The second-order valence-corrected chi connectivity index (χ2v) is 7.53. The summed E-state index contributed by atoms with van der Waals surface area (Å²) in [5.41, 5.74) is 1.94. The topological polar surface area (TPSA) is 58.2 Å². The van der Waals surface area contributed by atoms with Gasteiger partial charge in [0, 0.05) is 18.6 Å². The molecule has 0 atom stereocenters. The van der Waals surface area contributed by atoms with Crippen LogP contribution in [0.4, 0.5) is 0 Å². The average Bonchev–Trinajstić information content (AvgIpc) is 3.30. The van der Waals surface area contributed by atoms with Crippen molar-refractivity contribution in [1.82, 2.24) is 10.0 Å². The van der Waals surface area contributed by atoms with E-state index in [9.17, 15) is 8.42 Å². The molecule has 3 rings (SSSR count). The van der Waals surface area contributed by atoms with Crippen LogP contribution in [-0.2, 0) is 23.0 Å². The van der Waals surface area contributed by atoms with E-state index in [2.05, 4.69) is 10.0 Å². The van der Waals surface area contributed by atoms with Crippen molar-refractivity contribution in [3.05, 3.63) is 29.3 Å². The lowest BCUT2D eigenvalue weighted by molar-refractivity contribution is 0.579. The van der Waals surface area contributed by atoms with Crippen LogP contribution in [0.5, 0.6) is 0 Å². The Morgan fingerprint density at radius 1 is 1.15 bits per heavy atom. The molecule has 0 unspecified atom stereocenters. The van der Waals surface area contributed by atoms with Gasteiger partial charge in [-0.25, -0.2) is 13.1 Å². The van der Waals surface area contributed by atoms with Gasteiger partial charge in [0.15, 0.2) is 0 Å². The fraction of sp³-hybridized carbons (Fsp3) is 0.600. The number of hydrogen-bond acceptors (Lipinski definition) is 3. The van der Waals surface area contributed by atoms with Crippen LogP contribution in [0, 0.1) is 0 Å². The van der Waals surface area contributed by atoms with Gasteiger partial charge in [0.25, 0.3) is 0 Å². The Balaban J connectivity index is 1.82. The molecule has 0 spiro atoms. The molecule has 2 N–H and O–H groups in total. The molecule has 0 aromatic heterocycles. The first-order chi connectivity index (χ1) is 9.58. The third-order valence-corrected chi connectivity index (χ3v) is 5.48. The summed E-state index contributed by atoms with van der Waals surface area (Å²) >= 11 is 0. The van der Waals surface area contributed by atoms with Crippen molar-refractivity contribution in [2.45, 2.75) is 62.6 Å². The largest absolute Gasteiger partial charge is 0.310 e. The van der Waals surface area contributed by atoms with Gasteiger partial charge in [-0.1, -0.05) is 19.1 Å². The van der Waals surface area contributed by atoms with E-state index in [0.717, 1.165) is 36.9 Å². The van der Waals surface area contributed by atoms with Gasteiger partial charge in [-0.05, 0) is 49.3 Å². The highest BCUT2D eigenvalue weighted by Crippen LogP contribution is 2.25. The van der Waals surface area contributed by atoms with E-state index >= 15 is 0 Å². The van der Waals surface area contributed by atoms with Crippen molar-refractivity contribution in [2.24, 2.45) is 0 Å². The van der Waals surface area contributed by atoms with Crippen LogP contribution in [0.1, 0.15) is 43.7 Å². The highest BCUT2D eigenvalue weighted by molar-refractivity contribution is 7.89. The van der Waals surface area contributed by atoms with Crippen LogP contribution < -0.4 is 10.0 Å². The van der Waals surface area contributed by atoms with Gasteiger partial charge < -0.3 is 5.32 Å². The Morgan fingerprint density at radius 2 is 1.85 bits per heavy atom. The predicted octanol–water partition coefficient (Wildman–Crippen LogP) is 1.94. The van der Waals surface area contributed by atoms with Crippen molar-refractivity contribution >= 4 is 10.0 Å². The van der Waals surface area contributed by atoms with Crippen LogP contribution >= 0.6 is 0 Å². The SMILES string of the molecule is CCc1ccc(CNC2CC2)cc1S(=O)(=O)NC1CC1. The number of nitrogens with one attached hydrogen (secondary N) is 2. The van der Waals surface area contributed by atoms with Crippen molar-refractivity contribution in [3.63, 3.8) is 0 Å². The summed E-state index contributed by atoms with van der Waals surface area (Å²) in [5.74, 6) is 0. The maximum absolute atomic E-state index is 12.4. The van der Waals surface area contributed by atoms with E-state index in [0.29, 0.717) is 10.9 Å². The van der Waals surface area contributed by atoms with E-state index in [1.165, 1.54) is 12.8 Å². The minimum absolute atomic E-state index is 0.151. The van der Waals surface area contributed by atoms with Gasteiger partial charge in [-0.15, -0.1) is 0 Å². The van der Waals surface area contributed by atoms with Gasteiger partial charge in [0.2, 0.25) is 10.0 Å². The molecule has 2 aliphatic carbocycles. The molecule has 20 heavy (non-hydrogen) atoms. The molecule has 1 aromatic rings. The Morgan fingerprint density at radius 3 is 2.45 bits per heavy atom. The zero-order valence-electron chi connectivity index (χ0n) is 11.9. The monoisotopic (exact) mass is 294 g/mol. The molecule has 0 amide bonds. The molecule has 2 fully saturated rings. The number of aryl methyl sites for hydroxylation is 1. The minimum Gasteiger partial charge on any atom is -0.310 e. The van der Waals surface area contributed by atoms with E-state index in [1.54, 1.807) is 0 Å². The maximum atomic E-state index is 12.4. The maximum Gasteiger partial charge on any atom is 0.241 e. The zero-order chi connectivity index (χ0) is 14.2. The summed E-state index contributed by atoms with van der Waals surface area (Å²) in [6, 6.07) is 6.60. The lowest BCUT2D eigenvalue weighted by Gasteiger charge is -2.12. The van der Waals surface area contributed by atoms with Crippen molar-refractivity contribution in [1.29, 1.82) is 0 Å². The van der Waals surface area contributed by atoms with E-state index in [-0.39, 0.29) is 6.04 Å². The molecular formula is C15H22N2O2S. The molecule has 110 valence electrons. The van der Waals surface area contributed by atoms with Crippen LogP contribution in [0.3, 0.4) is 0 Å². The number of hydrogen-bond donors (Lipinski definition) is 2. The molecule has 1 aromatic carbocycles. The highest BCUT2D eigenvalue weighted by Gasteiger charge is 2.29. The Kier molecular flexibility index (Phi) is 3.84. The second-order valence-electron chi connectivity index (χ2n) is 5.85. The third-order valence-electron chi connectivity index (χ3n) is 3.87. The number of sulfonamides is 1. The molecule has 0 radical (unpaired) electrons. The summed E-state index contributed by atoms with van der Waals surface area (Å²) in [4.78, 5) is 0.460. The lowest BCUT2D eigenvalue weighted by Crippen LogP contribution is -2.27. The Hall–Kier alpha value is -0.910. The standard InChI is InChI=1S/C15H22N2O2S/c1-2-12-4-3-11(10-16-13-5-6-13)9-15(12)20(18,19)17-14-7-8-14/h3-4,9,13-14,16-17H,2,5-8,10H2,1H3. The van der Waals surface area contributed by atoms with Crippen LogP contribution in [-0.4, -0.2) is 20.5 Å². The van der Waals surface area contributed by atoms with Gasteiger partial charge >= 0.3 is 0 Å². The van der Waals surface area contributed by atoms with Crippen LogP contribution in [0.15, 0.2) is 23.1 Å². The van der Waals surface area contributed by atoms with Crippen molar-refractivity contribution < 1.29 is 8.42 Å². The lowest BCUT2D eigenvalue weighted by atomic mass is 10.1. The fourth-order valence-electron chi connectivity index (χ4n) is 2.28. The van der Waals surface area contributed by atoms with E-state index in [4.69, 9.17) is 0 Å². The molecule has 5 heteroatoms. The normalized spacial score (nSPS) is 19.2. The molecule has 2 saturated carbocycles. The van der Waals surface area contributed by atoms with E-state index in [1.807, 2.05) is 25.1 Å².